The minimum Gasteiger partial charge on any atom is -0.355 e. The first-order valence-corrected chi connectivity index (χ1v) is 10.9. The molecule has 156 valence electrons. The molecular formula is C21H21ClFN5OS. The lowest BCUT2D eigenvalue weighted by molar-refractivity contribution is -0.120. The highest BCUT2D eigenvalue weighted by atomic mass is 35.5. The maximum absolute atomic E-state index is 13.9. The number of amides is 1. The molecule has 0 spiro atoms. The molecule has 0 unspecified atom stereocenters. The SMILES string of the molecule is Cc1nc(NC(=O)C2CCN(c3ccc(Cl)nn3)CC2)sc1Cc1ccccc1F. The van der Waals surface area contributed by atoms with Crippen molar-refractivity contribution in [2.24, 2.45) is 5.92 Å². The summed E-state index contributed by atoms with van der Waals surface area (Å²) < 4.78 is 13.9. The molecule has 1 N–H and O–H groups in total. The highest BCUT2D eigenvalue weighted by molar-refractivity contribution is 7.15. The zero-order valence-electron chi connectivity index (χ0n) is 16.4. The molecule has 1 saturated heterocycles. The quantitative estimate of drug-likeness (QED) is 0.627. The monoisotopic (exact) mass is 445 g/mol. The van der Waals surface area contributed by atoms with Gasteiger partial charge >= 0.3 is 0 Å². The molecule has 1 fully saturated rings. The van der Waals surface area contributed by atoms with Gasteiger partial charge in [-0.3, -0.25) is 4.79 Å². The molecule has 0 radical (unpaired) electrons. The third-order valence-electron chi connectivity index (χ3n) is 5.24. The molecular weight excluding hydrogens is 425 g/mol. The topological polar surface area (TPSA) is 71.0 Å². The fourth-order valence-corrected chi connectivity index (χ4v) is 4.61. The van der Waals surface area contributed by atoms with Crippen LogP contribution in [0.25, 0.3) is 0 Å². The Bertz CT molecular complexity index is 1030. The third-order valence-corrected chi connectivity index (χ3v) is 6.51. The van der Waals surface area contributed by atoms with Crippen LogP contribution >= 0.6 is 22.9 Å². The van der Waals surface area contributed by atoms with Gasteiger partial charge in [0.2, 0.25) is 5.91 Å². The van der Waals surface area contributed by atoms with Gasteiger partial charge in [0.25, 0.3) is 0 Å². The van der Waals surface area contributed by atoms with E-state index in [4.69, 9.17) is 11.6 Å². The normalized spacial score (nSPS) is 14.7. The van der Waals surface area contributed by atoms with E-state index in [-0.39, 0.29) is 17.6 Å². The Labute approximate surface area is 183 Å². The number of carbonyl (C=O) groups is 1. The van der Waals surface area contributed by atoms with Crippen LogP contribution in [-0.4, -0.2) is 34.2 Å². The number of hydrogen-bond donors (Lipinski definition) is 1. The predicted octanol–water partition coefficient (Wildman–Crippen LogP) is 4.48. The first kappa shape index (κ1) is 20.7. The summed E-state index contributed by atoms with van der Waals surface area (Å²) in [4.78, 5) is 20.2. The number of nitrogens with zero attached hydrogens (tertiary/aromatic N) is 4. The van der Waals surface area contributed by atoms with E-state index < -0.39 is 0 Å². The molecule has 1 amide bonds. The van der Waals surface area contributed by atoms with Crippen LogP contribution in [-0.2, 0) is 11.2 Å². The summed E-state index contributed by atoms with van der Waals surface area (Å²) in [5.74, 6) is 0.434. The summed E-state index contributed by atoms with van der Waals surface area (Å²) in [7, 11) is 0. The van der Waals surface area contributed by atoms with Crippen LogP contribution in [0.3, 0.4) is 0 Å². The van der Waals surface area contributed by atoms with Crippen LogP contribution in [0.15, 0.2) is 36.4 Å². The van der Waals surface area contributed by atoms with E-state index in [0.717, 1.165) is 42.3 Å². The van der Waals surface area contributed by atoms with Crippen LogP contribution in [0, 0.1) is 18.7 Å². The van der Waals surface area contributed by atoms with Gasteiger partial charge in [-0.05, 0) is 43.5 Å². The van der Waals surface area contributed by atoms with E-state index in [2.05, 4.69) is 25.4 Å². The first-order valence-electron chi connectivity index (χ1n) is 9.74. The second-order valence-electron chi connectivity index (χ2n) is 7.26. The second-order valence-corrected chi connectivity index (χ2v) is 8.73. The number of nitrogens with one attached hydrogen (secondary N) is 1. The third kappa shape index (κ3) is 4.76. The van der Waals surface area contributed by atoms with Crippen molar-refractivity contribution in [3.05, 3.63) is 63.5 Å². The number of hydrogen-bond acceptors (Lipinski definition) is 6. The number of benzene rings is 1. The van der Waals surface area contributed by atoms with Gasteiger partial charge in [-0.1, -0.05) is 29.8 Å². The maximum atomic E-state index is 13.9. The molecule has 1 aliphatic rings. The Morgan fingerprint density at radius 3 is 2.70 bits per heavy atom. The Morgan fingerprint density at radius 1 is 1.23 bits per heavy atom. The molecule has 30 heavy (non-hydrogen) atoms. The predicted molar refractivity (Wildman–Crippen MR) is 117 cm³/mol. The Morgan fingerprint density at radius 2 is 2.00 bits per heavy atom. The number of anilines is 2. The van der Waals surface area contributed by atoms with E-state index in [0.29, 0.717) is 22.3 Å². The fourth-order valence-electron chi connectivity index (χ4n) is 3.52. The van der Waals surface area contributed by atoms with E-state index in [1.54, 1.807) is 18.2 Å². The number of thiazole rings is 1. The molecule has 6 nitrogen and oxygen atoms in total. The summed E-state index contributed by atoms with van der Waals surface area (Å²) >= 11 is 7.19. The molecule has 3 heterocycles. The Hall–Kier alpha value is -2.58. The van der Waals surface area contributed by atoms with Crippen molar-refractivity contribution < 1.29 is 9.18 Å². The smallest absolute Gasteiger partial charge is 0.229 e. The number of piperidine rings is 1. The zero-order chi connectivity index (χ0) is 21.1. The van der Waals surface area contributed by atoms with Gasteiger partial charge in [0.15, 0.2) is 16.1 Å². The highest BCUT2D eigenvalue weighted by Crippen LogP contribution is 2.28. The van der Waals surface area contributed by atoms with Gasteiger partial charge in [-0.25, -0.2) is 9.37 Å². The molecule has 0 saturated carbocycles. The van der Waals surface area contributed by atoms with Crippen LogP contribution in [0.2, 0.25) is 5.15 Å². The van der Waals surface area contributed by atoms with Crippen molar-refractivity contribution in [2.45, 2.75) is 26.2 Å². The molecule has 9 heteroatoms. The summed E-state index contributed by atoms with van der Waals surface area (Å²) in [5.41, 5.74) is 1.44. The van der Waals surface area contributed by atoms with Gasteiger partial charge in [-0.2, -0.15) is 0 Å². The fraction of sp³-hybridized carbons (Fsp3) is 0.333. The van der Waals surface area contributed by atoms with Crippen molar-refractivity contribution >= 4 is 39.8 Å². The van der Waals surface area contributed by atoms with E-state index >= 15 is 0 Å². The molecule has 1 aromatic carbocycles. The number of aromatic nitrogens is 3. The Balaban J connectivity index is 1.34. The first-order chi connectivity index (χ1) is 14.5. The second kappa shape index (κ2) is 9.06. The van der Waals surface area contributed by atoms with E-state index in [1.165, 1.54) is 17.4 Å². The minimum atomic E-state index is -0.229. The summed E-state index contributed by atoms with van der Waals surface area (Å²) in [6, 6.07) is 10.3. The summed E-state index contributed by atoms with van der Waals surface area (Å²) in [5, 5.41) is 11.8. The molecule has 2 aromatic heterocycles. The lowest BCUT2D eigenvalue weighted by Crippen LogP contribution is -2.38. The van der Waals surface area contributed by atoms with Crippen LogP contribution in [0.4, 0.5) is 15.3 Å². The van der Waals surface area contributed by atoms with Crippen LogP contribution in [0.5, 0.6) is 0 Å². The standard InChI is InChI=1S/C21H21ClFN5OS/c1-13-17(12-15-4-2-3-5-16(15)23)30-21(24-13)25-20(29)14-8-10-28(11-9-14)19-7-6-18(22)26-27-19/h2-7,14H,8-12H2,1H3,(H,24,25,29). The van der Waals surface area contributed by atoms with Crippen molar-refractivity contribution in [2.75, 3.05) is 23.3 Å². The van der Waals surface area contributed by atoms with Crippen molar-refractivity contribution in [1.82, 2.24) is 15.2 Å². The molecule has 1 aliphatic heterocycles. The number of halogens is 2. The van der Waals surface area contributed by atoms with E-state index in [9.17, 15) is 9.18 Å². The zero-order valence-corrected chi connectivity index (χ0v) is 18.0. The summed E-state index contributed by atoms with van der Waals surface area (Å²) in [6.07, 6.45) is 1.91. The molecule has 0 bridgehead atoms. The van der Waals surface area contributed by atoms with Crippen LogP contribution < -0.4 is 10.2 Å². The van der Waals surface area contributed by atoms with Crippen LogP contribution in [0.1, 0.15) is 29.0 Å². The molecule has 4 rings (SSSR count). The van der Waals surface area contributed by atoms with E-state index in [1.807, 2.05) is 19.1 Å². The number of rotatable bonds is 5. The minimum absolute atomic E-state index is 0.0250. The van der Waals surface area contributed by atoms with Crippen molar-refractivity contribution in [3.8, 4) is 0 Å². The highest BCUT2D eigenvalue weighted by Gasteiger charge is 2.26. The van der Waals surface area contributed by atoms with Gasteiger partial charge in [-0.15, -0.1) is 21.5 Å². The van der Waals surface area contributed by atoms with Gasteiger partial charge in [0.1, 0.15) is 5.82 Å². The van der Waals surface area contributed by atoms with Crippen molar-refractivity contribution in [3.63, 3.8) is 0 Å². The lowest BCUT2D eigenvalue weighted by Gasteiger charge is -2.31. The van der Waals surface area contributed by atoms with Gasteiger partial charge in [0.05, 0.1) is 5.69 Å². The molecule has 3 aromatic rings. The largest absolute Gasteiger partial charge is 0.355 e. The maximum Gasteiger partial charge on any atom is 0.229 e. The lowest BCUT2D eigenvalue weighted by atomic mass is 9.96. The van der Waals surface area contributed by atoms with Gasteiger partial charge in [0, 0.05) is 30.3 Å². The Kier molecular flexibility index (Phi) is 6.24. The van der Waals surface area contributed by atoms with Crippen molar-refractivity contribution in [1.29, 1.82) is 0 Å². The molecule has 0 aliphatic carbocycles. The molecule has 0 atom stereocenters. The number of aryl methyl sites for hydroxylation is 1. The average Bonchev–Trinajstić information content (AvgIpc) is 3.09. The number of carbonyl (C=O) groups excluding carboxylic acids is 1. The average molecular weight is 446 g/mol. The van der Waals surface area contributed by atoms with Gasteiger partial charge < -0.3 is 10.2 Å². The summed E-state index contributed by atoms with van der Waals surface area (Å²) in [6.45, 7) is 3.33.